The highest BCUT2D eigenvalue weighted by molar-refractivity contribution is 7.18. The molecule has 0 bridgehead atoms. The third kappa shape index (κ3) is 3.46. The van der Waals surface area contributed by atoms with Gasteiger partial charge in [0.25, 0.3) is 0 Å². The number of aliphatic carboxylic acids is 1. The molecule has 9 heteroatoms. The molecule has 0 fully saturated rings. The molecule has 24 heavy (non-hydrogen) atoms. The predicted molar refractivity (Wildman–Crippen MR) is 86.1 cm³/mol. The van der Waals surface area contributed by atoms with Gasteiger partial charge in [0.05, 0.1) is 19.9 Å². The Morgan fingerprint density at radius 1 is 1.04 bits per heavy atom. The summed E-state index contributed by atoms with van der Waals surface area (Å²) in [5.74, 6) is -3.32. The summed E-state index contributed by atoms with van der Waals surface area (Å²) < 4.78 is 10.3. The number of benzene rings is 1. The third-order valence-electron chi connectivity index (χ3n) is 3.04. The van der Waals surface area contributed by atoms with Crippen LogP contribution in [-0.2, 0) is 9.59 Å². The van der Waals surface area contributed by atoms with E-state index in [1.165, 1.54) is 20.3 Å². The summed E-state index contributed by atoms with van der Waals surface area (Å²) in [7, 11) is 2.96. The molecule has 2 aromatic rings. The van der Waals surface area contributed by atoms with Gasteiger partial charge in [-0.05, 0) is 29.8 Å². The van der Waals surface area contributed by atoms with Gasteiger partial charge in [-0.15, -0.1) is 11.3 Å². The molecule has 0 unspecified atom stereocenters. The number of hydrogen-bond acceptors (Lipinski definition) is 6. The zero-order valence-corrected chi connectivity index (χ0v) is 13.5. The van der Waals surface area contributed by atoms with Crippen molar-refractivity contribution in [3.05, 3.63) is 29.1 Å². The largest absolute Gasteiger partial charge is 0.493 e. The fraction of sp³-hybridized carbons (Fsp3) is 0.133. The Bertz CT molecular complexity index is 812. The number of nitrogens with one attached hydrogen (secondary N) is 1. The van der Waals surface area contributed by atoms with E-state index < -0.39 is 17.8 Å². The first-order valence-electron chi connectivity index (χ1n) is 6.51. The molecule has 0 aliphatic heterocycles. The lowest BCUT2D eigenvalue weighted by atomic mass is 10.1. The van der Waals surface area contributed by atoms with Crippen LogP contribution in [0.5, 0.6) is 11.5 Å². The molecule has 1 aromatic carbocycles. The number of carbonyl (C=O) groups is 3. The number of hydrogen-bond donors (Lipinski definition) is 3. The molecule has 1 aromatic heterocycles. The molecular weight excluding hydrogens is 338 g/mol. The van der Waals surface area contributed by atoms with E-state index in [4.69, 9.17) is 14.6 Å². The second-order valence-corrected chi connectivity index (χ2v) is 5.54. The van der Waals surface area contributed by atoms with Crippen LogP contribution in [-0.4, -0.2) is 42.3 Å². The lowest BCUT2D eigenvalue weighted by Crippen LogP contribution is -2.22. The van der Waals surface area contributed by atoms with Crippen LogP contribution in [0.3, 0.4) is 0 Å². The summed E-state index contributed by atoms with van der Waals surface area (Å²) in [6.45, 7) is 0. The average Bonchev–Trinajstić information content (AvgIpc) is 2.98. The Kier molecular flexibility index (Phi) is 5.05. The summed E-state index contributed by atoms with van der Waals surface area (Å²) in [6, 6.07) is 6.40. The van der Waals surface area contributed by atoms with Crippen LogP contribution in [0.15, 0.2) is 24.3 Å². The van der Waals surface area contributed by atoms with Crippen molar-refractivity contribution in [2.75, 3.05) is 19.5 Å². The number of anilines is 1. The zero-order chi connectivity index (χ0) is 17.9. The van der Waals surface area contributed by atoms with E-state index in [-0.39, 0.29) is 10.6 Å². The van der Waals surface area contributed by atoms with Gasteiger partial charge in [-0.3, -0.25) is 4.79 Å². The molecule has 0 aliphatic rings. The van der Waals surface area contributed by atoms with E-state index in [1.54, 1.807) is 18.2 Å². The second kappa shape index (κ2) is 7.01. The molecule has 0 spiro atoms. The summed E-state index contributed by atoms with van der Waals surface area (Å²) in [6.07, 6.45) is 0. The van der Waals surface area contributed by atoms with Gasteiger partial charge in [-0.2, -0.15) is 0 Å². The molecule has 0 saturated carbocycles. The van der Waals surface area contributed by atoms with E-state index in [0.717, 1.165) is 11.3 Å². The average molecular weight is 351 g/mol. The smallest absolute Gasteiger partial charge is 0.394 e. The van der Waals surface area contributed by atoms with E-state index in [9.17, 15) is 19.5 Å². The number of ether oxygens (including phenoxy) is 2. The quantitative estimate of drug-likeness (QED) is 0.705. The summed E-state index contributed by atoms with van der Waals surface area (Å²) in [5.41, 5.74) is 0.556. The van der Waals surface area contributed by atoms with Crippen LogP contribution in [0, 0.1) is 0 Å². The van der Waals surface area contributed by atoms with Crippen LogP contribution >= 0.6 is 11.3 Å². The lowest BCUT2D eigenvalue weighted by molar-refractivity contribution is -0.147. The molecule has 126 valence electrons. The fourth-order valence-electron chi connectivity index (χ4n) is 1.95. The molecular formula is C15H13NO7S. The maximum Gasteiger partial charge on any atom is 0.394 e. The number of aromatic carboxylic acids is 1. The maximum absolute atomic E-state index is 11.3. The molecule has 0 saturated heterocycles. The van der Waals surface area contributed by atoms with Gasteiger partial charge in [0.1, 0.15) is 4.88 Å². The van der Waals surface area contributed by atoms with Crippen molar-refractivity contribution in [1.29, 1.82) is 0 Å². The van der Waals surface area contributed by atoms with E-state index in [1.807, 2.05) is 0 Å². The first kappa shape index (κ1) is 17.3. The molecule has 0 aliphatic carbocycles. The van der Waals surface area contributed by atoms with Crippen LogP contribution in [0.2, 0.25) is 0 Å². The molecule has 0 radical (unpaired) electrons. The Hall–Kier alpha value is -3.07. The molecule has 0 atom stereocenters. The Labute approximate surface area is 140 Å². The molecule has 1 heterocycles. The number of thiophene rings is 1. The highest BCUT2D eigenvalue weighted by Crippen LogP contribution is 2.38. The SMILES string of the molecule is COc1ccc(-c2cc(NC(=O)C(=O)O)c(C(=O)O)s2)cc1OC. The monoisotopic (exact) mass is 351 g/mol. The third-order valence-corrected chi connectivity index (χ3v) is 4.21. The molecule has 2 rings (SSSR count). The maximum atomic E-state index is 11.3. The number of carboxylic acids is 2. The van der Waals surface area contributed by atoms with Gasteiger partial charge >= 0.3 is 17.8 Å². The van der Waals surface area contributed by atoms with Crippen molar-refractivity contribution in [3.63, 3.8) is 0 Å². The Balaban J connectivity index is 2.46. The van der Waals surface area contributed by atoms with E-state index in [0.29, 0.717) is 21.9 Å². The Morgan fingerprint density at radius 3 is 2.25 bits per heavy atom. The van der Waals surface area contributed by atoms with Gasteiger partial charge in [0.15, 0.2) is 11.5 Å². The van der Waals surface area contributed by atoms with Gasteiger partial charge < -0.3 is 25.0 Å². The highest BCUT2D eigenvalue weighted by atomic mass is 32.1. The number of rotatable bonds is 5. The molecule has 3 N–H and O–H groups in total. The summed E-state index contributed by atoms with van der Waals surface area (Å²) in [5, 5.41) is 19.9. The van der Waals surface area contributed by atoms with Crippen molar-refractivity contribution in [3.8, 4) is 21.9 Å². The van der Waals surface area contributed by atoms with Gasteiger partial charge in [-0.25, -0.2) is 9.59 Å². The normalized spacial score (nSPS) is 10.1. The van der Waals surface area contributed by atoms with E-state index >= 15 is 0 Å². The van der Waals surface area contributed by atoms with Crippen molar-refractivity contribution < 1.29 is 34.1 Å². The van der Waals surface area contributed by atoms with Crippen molar-refractivity contribution in [1.82, 2.24) is 0 Å². The predicted octanol–water partition coefficient (Wildman–Crippen LogP) is 2.15. The summed E-state index contributed by atoms with van der Waals surface area (Å²) in [4.78, 5) is 33.6. The summed E-state index contributed by atoms with van der Waals surface area (Å²) >= 11 is 0.903. The number of amides is 1. The van der Waals surface area contributed by atoms with Crippen LogP contribution in [0.1, 0.15) is 9.67 Å². The minimum absolute atomic E-state index is 0.0790. The first-order valence-corrected chi connectivity index (χ1v) is 7.32. The van der Waals surface area contributed by atoms with Crippen molar-refractivity contribution >= 4 is 34.9 Å². The Morgan fingerprint density at radius 2 is 1.71 bits per heavy atom. The topological polar surface area (TPSA) is 122 Å². The number of carboxylic acid groups (broad SMARTS) is 2. The van der Waals surface area contributed by atoms with E-state index in [2.05, 4.69) is 5.32 Å². The second-order valence-electron chi connectivity index (χ2n) is 4.49. The van der Waals surface area contributed by atoms with Gasteiger partial charge in [-0.1, -0.05) is 0 Å². The standard InChI is InChI=1S/C15H13NO7S/c1-22-9-4-3-7(5-10(9)23-2)11-6-8(12(24-11)14(18)19)16-13(17)15(20)21/h3-6H,1-2H3,(H,16,17)(H,18,19)(H,20,21). The highest BCUT2D eigenvalue weighted by Gasteiger charge is 2.21. The van der Waals surface area contributed by atoms with Crippen molar-refractivity contribution in [2.24, 2.45) is 0 Å². The van der Waals surface area contributed by atoms with Crippen LogP contribution < -0.4 is 14.8 Å². The fourth-order valence-corrected chi connectivity index (χ4v) is 2.90. The zero-order valence-electron chi connectivity index (χ0n) is 12.7. The minimum atomic E-state index is -1.70. The van der Waals surface area contributed by atoms with Crippen molar-refractivity contribution in [2.45, 2.75) is 0 Å². The van der Waals surface area contributed by atoms with Gasteiger partial charge in [0.2, 0.25) is 0 Å². The van der Waals surface area contributed by atoms with Gasteiger partial charge in [0, 0.05) is 4.88 Å². The number of methoxy groups -OCH3 is 2. The van der Waals surface area contributed by atoms with Crippen LogP contribution in [0.4, 0.5) is 5.69 Å². The first-order chi connectivity index (χ1) is 11.4. The number of carbonyl (C=O) groups excluding carboxylic acids is 1. The minimum Gasteiger partial charge on any atom is -0.493 e. The lowest BCUT2D eigenvalue weighted by Gasteiger charge is -2.08. The van der Waals surface area contributed by atoms with Crippen LogP contribution in [0.25, 0.3) is 10.4 Å². The molecule has 8 nitrogen and oxygen atoms in total. The molecule has 1 amide bonds.